The zero-order valence-corrected chi connectivity index (χ0v) is 9.88. The molecular weight excluding hydrogens is 214 g/mol. The fourth-order valence-corrected chi connectivity index (χ4v) is 1.76. The Morgan fingerprint density at radius 2 is 1.94 bits per heavy atom. The molecule has 1 saturated heterocycles. The minimum atomic E-state index is -2.61. The van der Waals surface area contributed by atoms with Gasteiger partial charge in [-0.1, -0.05) is 20.3 Å². The van der Waals surface area contributed by atoms with Gasteiger partial charge in [0.15, 0.2) is 0 Å². The highest BCUT2D eigenvalue weighted by molar-refractivity contribution is 5.82. The van der Waals surface area contributed by atoms with Crippen LogP contribution >= 0.6 is 0 Å². The Morgan fingerprint density at radius 1 is 1.44 bits per heavy atom. The van der Waals surface area contributed by atoms with Gasteiger partial charge in [-0.25, -0.2) is 8.78 Å². The molecule has 1 aliphatic rings. The molecule has 2 atom stereocenters. The van der Waals surface area contributed by atoms with Gasteiger partial charge in [-0.2, -0.15) is 0 Å². The highest BCUT2D eigenvalue weighted by atomic mass is 19.3. The third kappa shape index (κ3) is 3.14. The Morgan fingerprint density at radius 3 is 2.38 bits per heavy atom. The minimum absolute atomic E-state index is 0.0925. The number of halogens is 2. The van der Waals surface area contributed by atoms with Crippen LogP contribution in [0.5, 0.6) is 0 Å². The first-order chi connectivity index (χ1) is 7.37. The zero-order chi connectivity index (χ0) is 12.3. The Balaban J connectivity index is 2.50. The van der Waals surface area contributed by atoms with Crippen molar-refractivity contribution in [1.29, 1.82) is 0 Å². The molecule has 0 saturated carbocycles. The number of nitrogens with zero attached hydrogens (tertiary/aromatic N) is 1. The summed E-state index contributed by atoms with van der Waals surface area (Å²) in [6.45, 7) is 4.11. The summed E-state index contributed by atoms with van der Waals surface area (Å²) >= 11 is 0. The fourth-order valence-electron chi connectivity index (χ4n) is 1.76. The molecule has 0 aliphatic carbocycles. The van der Waals surface area contributed by atoms with E-state index in [1.54, 1.807) is 0 Å². The van der Waals surface area contributed by atoms with Gasteiger partial charge >= 0.3 is 0 Å². The average molecular weight is 234 g/mol. The van der Waals surface area contributed by atoms with Crippen molar-refractivity contribution in [3.8, 4) is 0 Å². The summed E-state index contributed by atoms with van der Waals surface area (Å²) in [6.07, 6.45) is 0.328. The number of hydrogen-bond acceptors (Lipinski definition) is 2. The van der Waals surface area contributed by atoms with Gasteiger partial charge in [0.1, 0.15) is 0 Å². The average Bonchev–Trinajstić information content (AvgIpc) is 2.26. The molecule has 1 unspecified atom stereocenters. The Kier molecular flexibility index (Phi) is 4.24. The number of likely N-dealkylation sites (tertiary alicyclic amines) is 1. The SMILES string of the molecule is CCC(C)[C@H](N)C(=O)N1CCC(F)(F)CC1. The molecule has 1 amide bonds. The number of hydrogen-bond donors (Lipinski definition) is 1. The second kappa shape index (κ2) is 5.08. The van der Waals surface area contributed by atoms with Crippen LogP contribution in [0, 0.1) is 5.92 Å². The van der Waals surface area contributed by atoms with Crippen LogP contribution in [0.1, 0.15) is 33.1 Å². The highest BCUT2D eigenvalue weighted by Gasteiger charge is 2.37. The van der Waals surface area contributed by atoms with Gasteiger partial charge in [0.2, 0.25) is 5.91 Å². The molecule has 0 radical (unpaired) electrons. The maximum atomic E-state index is 12.9. The predicted molar refractivity (Wildman–Crippen MR) is 58.2 cm³/mol. The quantitative estimate of drug-likeness (QED) is 0.806. The molecular formula is C11H20F2N2O. The highest BCUT2D eigenvalue weighted by Crippen LogP contribution is 2.28. The van der Waals surface area contributed by atoms with Crippen LogP contribution in [0.15, 0.2) is 0 Å². The van der Waals surface area contributed by atoms with Crippen molar-refractivity contribution >= 4 is 5.91 Å². The molecule has 16 heavy (non-hydrogen) atoms. The number of nitrogens with two attached hydrogens (primary N) is 1. The third-order valence-electron chi connectivity index (χ3n) is 3.35. The normalized spacial score (nSPS) is 23.9. The van der Waals surface area contributed by atoms with Crippen molar-refractivity contribution in [3.63, 3.8) is 0 Å². The topological polar surface area (TPSA) is 46.3 Å². The molecule has 1 aliphatic heterocycles. The number of carbonyl (C=O) groups excluding carboxylic acids is 1. The molecule has 1 rings (SSSR count). The maximum absolute atomic E-state index is 12.9. The molecule has 0 aromatic heterocycles. The molecule has 0 bridgehead atoms. The lowest BCUT2D eigenvalue weighted by Crippen LogP contribution is -2.51. The monoisotopic (exact) mass is 234 g/mol. The van der Waals surface area contributed by atoms with E-state index in [0.717, 1.165) is 6.42 Å². The first kappa shape index (κ1) is 13.4. The van der Waals surface area contributed by atoms with Gasteiger partial charge in [0.05, 0.1) is 6.04 Å². The summed E-state index contributed by atoms with van der Waals surface area (Å²) < 4.78 is 25.8. The van der Waals surface area contributed by atoms with E-state index < -0.39 is 12.0 Å². The van der Waals surface area contributed by atoms with Crippen molar-refractivity contribution in [2.24, 2.45) is 11.7 Å². The first-order valence-corrected chi connectivity index (χ1v) is 5.79. The third-order valence-corrected chi connectivity index (χ3v) is 3.35. The molecule has 0 spiro atoms. The standard InChI is InChI=1S/C11H20F2N2O/c1-3-8(2)9(14)10(16)15-6-4-11(12,13)5-7-15/h8-9H,3-7,14H2,1-2H3/t8?,9-/m0/s1. The molecule has 1 heterocycles. The summed E-state index contributed by atoms with van der Waals surface area (Å²) in [5, 5.41) is 0. The predicted octanol–water partition coefficient (Wildman–Crippen LogP) is 1.62. The van der Waals surface area contributed by atoms with E-state index in [4.69, 9.17) is 5.73 Å². The summed E-state index contributed by atoms with van der Waals surface area (Å²) in [4.78, 5) is 13.3. The lowest BCUT2D eigenvalue weighted by atomic mass is 9.97. The molecule has 3 nitrogen and oxygen atoms in total. The molecule has 2 N–H and O–H groups in total. The van der Waals surface area contributed by atoms with E-state index in [0.29, 0.717) is 0 Å². The molecule has 0 aromatic rings. The second-order valence-electron chi connectivity index (χ2n) is 4.59. The van der Waals surface area contributed by atoms with E-state index in [1.807, 2.05) is 13.8 Å². The number of piperidine rings is 1. The van der Waals surface area contributed by atoms with Crippen LogP contribution in [0.2, 0.25) is 0 Å². The van der Waals surface area contributed by atoms with E-state index in [1.165, 1.54) is 4.90 Å². The lowest BCUT2D eigenvalue weighted by molar-refractivity contribution is -0.139. The van der Waals surface area contributed by atoms with Gasteiger partial charge in [0.25, 0.3) is 5.92 Å². The Labute approximate surface area is 95.0 Å². The Bertz CT molecular complexity index is 248. The Hall–Kier alpha value is -0.710. The summed E-state index contributed by atoms with van der Waals surface area (Å²) in [7, 11) is 0. The van der Waals surface area contributed by atoms with Crippen LogP contribution in [-0.2, 0) is 4.79 Å². The second-order valence-corrected chi connectivity index (χ2v) is 4.59. The van der Waals surface area contributed by atoms with Gasteiger partial charge in [-0.3, -0.25) is 4.79 Å². The number of rotatable bonds is 3. The van der Waals surface area contributed by atoms with Gasteiger partial charge < -0.3 is 10.6 Å². The number of amides is 1. The van der Waals surface area contributed by atoms with Gasteiger partial charge in [0, 0.05) is 25.9 Å². The van der Waals surface area contributed by atoms with Crippen LogP contribution in [-0.4, -0.2) is 35.9 Å². The summed E-state index contributed by atoms with van der Waals surface area (Å²) in [6, 6.07) is -0.559. The molecule has 0 aromatic carbocycles. The number of carbonyl (C=O) groups is 1. The van der Waals surface area contributed by atoms with Gasteiger partial charge in [-0.15, -0.1) is 0 Å². The fraction of sp³-hybridized carbons (Fsp3) is 0.909. The van der Waals surface area contributed by atoms with Crippen molar-refractivity contribution in [3.05, 3.63) is 0 Å². The van der Waals surface area contributed by atoms with Crippen molar-refractivity contribution < 1.29 is 13.6 Å². The zero-order valence-electron chi connectivity index (χ0n) is 9.88. The van der Waals surface area contributed by atoms with Crippen molar-refractivity contribution in [2.75, 3.05) is 13.1 Å². The van der Waals surface area contributed by atoms with Crippen molar-refractivity contribution in [1.82, 2.24) is 4.90 Å². The maximum Gasteiger partial charge on any atom is 0.251 e. The molecule has 1 fully saturated rings. The van der Waals surface area contributed by atoms with E-state index in [9.17, 15) is 13.6 Å². The van der Waals surface area contributed by atoms with E-state index in [2.05, 4.69) is 0 Å². The lowest BCUT2D eigenvalue weighted by Gasteiger charge is -2.34. The van der Waals surface area contributed by atoms with Crippen LogP contribution in [0.25, 0.3) is 0 Å². The van der Waals surface area contributed by atoms with Crippen molar-refractivity contribution in [2.45, 2.75) is 45.1 Å². The first-order valence-electron chi connectivity index (χ1n) is 5.79. The largest absolute Gasteiger partial charge is 0.341 e. The van der Waals surface area contributed by atoms with E-state index >= 15 is 0 Å². The molecule has 5 heteroatoms. The minimum Gasteiger partial charge on any atom is -0.341 e. The van der Waals surface area contributed by atoms with Gasteiger partial charge in [-0.05, 0) is 5.92 Å². The van der Waals surface area contributed by atoms with Crippen LogP contribution in [0.4, 0.5) is 8.78 Å². The number of alkyl halides is 2. The van der Waals surface area contributed by atoms with Crippen LogP contribution < -0.4 is 5.73 Å². The van der Waals surface area contributed by atoms with E-state index in [-0.39, 0.29) is 37.8 Å². The summed E-state index contributed by atoms with van der Waals surface area (Å²) in [5.41, 5.74) is 5.79. The van der Waals surface area contributed by atoms with Crippen LogP contribution in [0.3, 0.4) is 0 Å². The summed E-state index contributed by atoms with van der Waals surface area (Å²) in [5.74, 6) is -2.71. The molecule has 94 valence electrons. The smallest absolute Gasteiger partial charge is 0.251 e.